The van der Waals surface area contributed by atoms with Crippen molar-refractivity contribution in [1.82, 2.24) is 29.9 Å². The number of carbonyl (C=O) groups excluding carboxylic acids is 1. The van der Waals surface area contributed by atoms with Gasteiger partial charge < -0.3 is 24.0 Å². The smallest absolute Gasteiger partial charge is 0.260 e. The van der Waals surface area contributed by atoms with Gasteiger partial charge in [-0.1, -0.05) is 5.21 Å². The Morgan fingerprint density at radius 2 is 1.49 bits per heavy atom. The van der Waals surface area contributed by atoms with Crippen LogP contribution in [0.1, 0.15) is 0 Å². The molecule has 1 amide bonds. The molecule has 180 valence electrons. The molecule has 0 spiro atoms. The Hall–Kier alpha value is -4.41. The van der Waals surface area contributed by atoms with Crippen molar-refractivity contribution in [2.24, 2.45) is 0 Å². The number of amides is 1. The Morgan fingerprint density at radius 1 is 0.857 bits per heavy atom. The molecule has 3 heterocycles. The lowest BCUT2D eigenvalue weighted by Gasteiger charge is -2.35. The third-order valence-electron chi connectivity index (χ3n) is 5.89. The van der Waals surface area contributed by atoms with Gasteiger partial charge in [0.25, 0.3) is 5.91 Å². The number of carbonyl (C=O) groups is 1. The van der Waals surface area contributed by atoms with Gasteiger partial charge in [0.2, 0.25) is 0 Å². The van der Waals surface area contributed by atoms with E-state index >= 15 is 0 Å². The molecule has 0 atom stereocenters. The number of anilines is 1. The molecule has 1 aliphatic heterocycles. The summed E-state index contributed by atoms with van der Waals surface area (Å²) in [6, 6.07) is 14.7. The molecular weight excluding hydrogens is 450 g/mol. The van der Waals surface area contributed by atoms with Crippen LogP contribution in [0.25, 0.3) is 16.9 Å². The quantitative estimate of drug-likeness (QED) is 0.396. The first kappa shape index (κ1) is 22.4. The zero-order chi connectivity index (χ0) is 24.2. The highest BCUT2D eigenvalue weighted by Gasteiger charge is 2.25. The van der Waals surface area contributed by atoms with Crippen LogP contribution in [-0.4, -0.2) is 82.8 Å². The largest absolute Gasteiger partial charge is 0.497 e. The van der Waals surface area contributed by atoms with Crippen molar-refractivity contribution in [2.75, 3.05) is 51.9 Å². The average molecular weight is 476 g/mol. The summed E-state index contributed by atoms with van der Waals surface area (Å²) in [5.74, 6) is 2.77. The van der Waals surface area contributed by atoms with Crippen LogP contribution in [0.3, 0.4) is 0 Å². The molecule has 2 aromatic heterocycles. The van der Waals surface area contributed by atoms with Crippen LogP contribution in [-0.2, 0) is 4.79 Å². The summed E-state index contributed by atoms with van der Waals surface area (Å²) in [6.45, 7) is 2.34. The number of fused-ring (bicyclic) bond motifs is 1. The Kier molecular flexibility index (Phi) is 6.29. The molecule has 5 rings (SSSR count). The van der Waals surface area contributed by atoms with Gasteiger partial charge in [-0.2, -0.15) is 4.68 Å². The third kappa shape index (κ3) is 4.65. The summed E-state index contributed by atoms with van der Waals surface area (Å²) in [5, 5.41) is 8.64. The zero-order valence-electron chi connectivity index (χ0n) is 19.5. The van der Waals surface area contributed by atoms with Gasteiger partial charge in [-0.05, 0) is 48.5 Å². The van der Waals surface area contributed by atoms with Gasteiger partial charge in [0.15, 0.2) is 23.6 Å². The molecule has 2 aromatic carbocycles. The van der Waals surface area contributed by atoms with E-state index in [1.54, 1.807) is 48.1 Å². The van der Waals surface area contributed by atoms with E-state index in [1.165, 1.54) is 6.33 Å². The van der Waals surface area contributed by atoms with Gasteiger partial charge in [0, 0.05) is 26.2 Å². The van der Waals surface area contributed by atoms with Crippen LogP contribution in [0.4, 0.5) is 5.82 Å². The summed E-state index contributed by atoms with van der Waals surface area (Å²) in [6.07, 6.45) is 1.52. The van der Waals surface area contributed by atoms with Gasteiger partial charge in [0.05, 0.1) is 19.9 Å². The predicted octanol–water partition coefficient (Wildman–Crippen LogP) is 1.96. The number of nitrogens with zero attached hydrogens (tertiary/aromatic N) is 7. The molecule has 1 saturated heterocycles. The van der Waals surface area contributed by atoms with Crippen molar-refractivity contribution in [3.05, 3.63) is 54.9 Å². The van der Waals surface area contributed by atoms with Gasteiger partial charge in [-0.15, -0.1) is 5.10 Å². The van der Waals surface area contributed by atoms with E-state index in [-0.39, 0.29) is 12.5 Å². The number of piperazine rings is 1. The Balaban J connectivity index is 1.23. The Morgan fingerprint density at radius 3 is 2.14 bits per heavy atom. The van der Waals surface area contributed by atoms with Gasteiger partial charge in [0.1, 0.15) is 23.6 Å². The molecule has 4 aromatic rings. The molecule has 0 radical (unpaired) electrons. The predicted molar refractivity (Wildman–Crippen MR) is 128 cm³/mol. The van der Waals surface area contributed by atoms with E-state index < -0.39 is 0 Å². The van der Waals surface area contributed by atoms with E-state index in [0.717, 1.165) is 17.2 Å². The van der Waals surface area contributed by atoms with E-state index in [9.17, 15) is 4.79 Å². The lowest BCUT2D eigenvalue weighted by Crippen LogP contribution is -2.50. The topological polar surface area (TPSA) is 108 Å². The number of methoxy groups -OCH3 is 2. The minimum atomic E-state index is -0.0567. The molecule has 35 heavy (non-hydrogen) atoms. The minimum absolute atomic E-state index is 0.0136. The molecule has 0 bridgehead atoms. The fourth-order valence-corrected chi connectivity index (χ4v) is 3.94. The van der Waals surface area contributed by atoms with Crippen molar-refractivity contribution >= 4 is 22.9 Å². The maximum absolute atomic E-state index is 12.7. The fourth-order valence-electron chi connectivity index (χ4n) is 3.94. The van der Waals surface area contributed by atoms with Crippen LogP contribution in [0, 0.1) is 0 Å². The molecule has 0 N–H and O–H groups in total. The monoisotopic (exact) mass is 475 g/mol. The number of hydrogen-bond donors (Lipinski definition) is 0. The highest BCUT2D eigenvalue weighted by atomic mass is 16.5. The molecule has 0 unspecified atom stereocenters. The maximum atomic E-state index is 12.7. The first-order chi connectivity index (χ1) is 17.2. The van der Waals surface area contributed by atoms with Gasteiger partial charge in [-0.3, -0.25) is 4.79 Å². The van der Waals surface area contributed by atoms with Crippen LogP contribution >= 0.6 is 0 Å². The highest BCUT2D eigenvalue weighted by molar-refractivity contribution is 5.84. The first-order valence-electron chi connectivity index (χ1n) is 11.2. The van der Waals surface area contributed by atoms with Gasteiger partial charge >= 0.3 is 0 Å². The molecule has 11 nitrogen and oxygen atoms in total. The molecule has 11 heteroatoms. The summed E-state index contributed by atoms with van der Waals surface area (Å²) >= 11 is 0. The summed E-state index contributed by atoms with van der Waals surface area (Å²) in [5.41, 5.74) is 2.06. The molecule has 0 saturated carbocycles. The van der Waals surface area contributed by atoms with Crippen molar-refractivity contribution in [1.29, 1.82) is 0 Å². The van der Waals surface area contributed by atoms with Crippen LogP contribution in [0.2, 0.25) is 0 Å². The Labute approximate surface area is 201 Å². The van der Waals surface area contributed by atoms with Crippen molar-refractivity contribution in [3.63, 3.8) is 0 Å². The molecule has 1 fully saturated rings. The van der Waals surface area contributed by atoms with Crippen molar-refractivity contribution in [2.45, 2.75) is 0 Å². The molecule has 1 aliphatic rings. The Bertz CT molecular complexity index is 1300. The summed E-state index contributed by atoms with van der Waals surface area (Å²) in [4.78, 5) is 25.4. The summed E-state index contributed by atoms with van der Waals surface area (Å²) < 4.78 is 17.7. The van der Waals surface area contributed by atoms with E-state index in [0.29, 0.717) is 48.9 Å². The lowest BCUT2D eigenvalue weighted by molar-refractivity contribution is -0.133. The number of aromatic nitrogens is 5. The number of ether oxygens (including phenoxy) is 3. The second-order valence-corrected chi connectivity index (χ2v) is 7.90. The van der Waals surface area contributed by atoms with Crippen LogP contribution in [0.15, 0.2) is 54.9 Å². The fraction of sp³-hybridized carbons (Fsp3) is 0.292. The number of hydrogen-bond acceptors (Lipinski definition) is 9. The van der Waals surface area contributed by atoms with E-state index in [4.69, 9.17) is 14.2 Å². The third-order valence-corrected chi connectivity index (χ3v) is 5.89. The summed E-state index contributed by atoms with van der Waals surface area (Å²) in [7, 11) is 3.23. The van der Waals surface area contributed by atoms with Crippen molar-refractivity contribution in [3.8, 4) is 22.9 Å². The normalized spacial score (nSPS) is 13.7. The van der Waals surface area contributed by atoms with Crippen molar-refractivity contribution < 1.29 is 19.0 Å². The molecule has 0 aliphatic carbocycles. The number of benzene rings is 2. The highest BCUT2D eigenvalue weighted by Crippen LogP contribution is 2.24. The maximum Gasteiger partial charge on any atom is 0.260 e. The minimum Gasteiger partial charge on any atom is -0.497 e. The number of rotatable bonds is 7. The standard InChI is InChI=1S/C24H25N7O4/c1-33-18-5-3-17(4-6-18)31-24-22(27-28-31)23(25-16-26-24)30-13-11-29(12-14-30)21(32)15-35-20-9-7-19(34-2)8-10-20/h3-10,16H,11-15H2,1-2H3. The zero-order valence-corrected chi connectivity index (χ0v) is 19.5. The second kappa shape index (κ2) is 9.84. The van der Waals surface area contributed by atoms with Crippen LogP contribution < -0.4 is 19.1 Å². The van der Waals surface area contributed by atoms with E-state index in [2.05, 4.69) is 25.2 Å². The lowest BCUT2D eigenvalue weighted by atomic mass is 10.3. The molecular formula is C24H25N7O4. The first-order valence-corrected chi connectivity index (χ1v) is 11.2. The average Bonchev–Trinajstić information content (AvgIpc) is 3.36. The second-order valence-electron chi connectivity index (χ2n) is 7.90. The van der Waals surface area contributed by atoms with Gasteiger partial charge in [-0.25, -0.2) is 9.97 Å². The SMILES string of the molecule is COc1ccc(OCC(=O)N2CCN(c3ncnc4c3nnn4-c3ccc(OC)cc3)CC2)cc1. The van der Waals surface area contributed by atoms with Crippen LogP contribution in [0.5, 0.6) is 17.2 Å². The van der Waals surface area contributed by atoms with E-state index in [1.807, 2.05) is 24.3 Å².